The lowest BCUT2D eigenvalue weighted by Crippen LogP contribution is -2.47. The Kier molecular flexibility index (Phi) is 6.20. The first-order valence-electron chi connectivity index (χ1n) is 14.1. The normalized spacial score (nSPS) is 14.4. The van der Waals surface area contributed by atoms with Crippen LogP contribution in [0.1, 0.15) is 27.6 Å². The van der Waals surface area contributed by atoms with Crippen LogP contribution < -0.4 is 4.74 Å². The number of nitrogens with one attached hydrogen (secondary N) is 1. The zero-order valence-electron chi connectivity index (χ0n) is 24.4. The molecule has 0 unspecified atom stereocenters. The first-order chi connectivity index (χ1) is 20.3. The van der Waals surface area contributed by atoms with Crippen LogP contribution in [0, 0.1) is 20.8 Å². The number of H-pyrrole nitrogens is 1. The zero-order chi connectivity index (χ0) is 29.1. The molecule has 6 aromatic rings. The van der Waals surface area contributed by atoms with Gasteiger partial charge in [-0.25, -0.2) is 9.97 Å². The molecule has 0 saturated carbocycles. The van der Waals surface area contributed by atoms with Crippen LogP contribution in [0.3, 0.4) is 0 Å². The third kappa shape index (κ3) is 4.11. The number of piperazine rings is 1. The van der Waals surface area contributed by atoms with Gasteiger partial charge in [0.2, 0.25) is 0 Å². The summed E-state index contributed by atoms with van der Waals surface area (Å²) in [6.45, 7) is 8.94. The molecule has 1 aliphatic rings. The van der Waals surface area contributed by atoms with Crippen molar-refractivity contribution in [2.75, 3.05) is 40.3 Å². The molecule has 1 aliphatic heterocycles. The monoisotopic (exact) mass is 560 g/mol. The maximum atomic E-state index is 13.7. The number of ether oxygens (including phenoxy) is 1. The number of fused-ring (bicyclic) bond motifs is 4. The van der Waals surface area contributed by atoms with Crippen molar-refractivity contribution in [1.29, 1.82) is 0 Å². The molecule has 9 heteroatoms. The highest BCUT2D eigenvalue weighted by atomic mass is 16.5. The average Bonchev–Trinajstić information content (AvgIpc) is 3.52. The highest BCUT2D eigenvalue weighted by Crippen LogP contribution is 2.42. The number of nitrogens with zero attached hydrogens (tertiary/aromatic N) is 5. The third-order valence-electron chi connectivity index (χ3n) is 8.39. The number of rotatable bonds is 4. The van der Waals surface area contributed by atoms with E-state index in [9.17, 15) is 4.79 Å². The van der Waals surface area contributed by atoms with E-state index in [1.165, 1.54) is 0 Å². The summed E-state index contributed by atoms with van der Waals surface area (Å²) < 4.78 is 11.3. The predicted molar refractivity (Wildman–Crippen MR) is 164 cm³/mol. The Balaban J connectivity index is 1.44. The zero-order valence-corrected chi connectivity index (χ0v) is 24.4. The standard InChI is InChI=1S/C33H32N6O3/c1-18-29(19(2)42-37-18)26-16-27-25(17-28(26)41-5)30-31(34-20(3)35-32(30)36-27)23-10-11-24(22-9-7-6-8-21(22)23)33(40)39-14-12-38(4)13-15-39/h6-11,16-17H,12-15H2,1-5H3,(H,34,35,36). The molecule has 3 aromatic carbocycles. The van der Waals surface area contributed by atoms with Gasteiger partial charge < -0.3 is 24.0 Å². The third-order valence-corrected chi connectivity index (χ3v) is 8.39. The molecule has 7 rings (SSSR count). The topological polar surface area (TPSA) is 100 Å². The van der Waals surface area contributed by atoms with Crippen molar-refractivity contribution in [1.82, 2.24) is 29.9 Å². The first kappa shape index (κ1) is 26.2. The quantitative estimate of drug-likeness (QED) is 0.286. The summed E-state index contributed by atoms with van der Waals surface area (Å²) in [5.41, 5.74) is 6.75. The molecule has 3 aromatic heterocycles. The molecule has 212 valence electrons. The number of likely N-dealkylation sites (N-methyl/N-ethyl adjacent to an activating group) is 1. The van der Waals surface area contributed by atoms with E-state index in [4.69, 9.17) is 19.2 Å². The fourth-order valence-corrected chi connectivity index (χ4v) is 6.23. The summed E-state index contributed by atoms with van der Waals surface area (Å²) >= 11 is 0. The van der Waals surface area contributed by atoms with E-state index in [1.807, 2.05) is 62.1 Å². The molecule has 0 atom stereocenters. The molecule has 9 nitrogen and oxygen atoms in total. The van der Waals surface area contributed by atoms with Gasteiger partial charge in [-0.2, -0.15) is 0 Å². The fraction of sp³-hybridized carbons (Fsp3) is 0.273. The number of aryl methyl sites for hydroxylation is 3. The van der Waals surface area contributed by atoms with Gasteiger partial charge in [-0.3, -0.25) is 4.79 Å². The Labute approximate surface area is 243 Å². The highest BCUT2D eigenvalue weighted by Gasteiger charge is 2.25. The average molecular weight is 561 g/mol. The van der Waals surface area contributed by atoms with Crippen LogP contribution in [-0.4, -0.2) is 76.2 Å². The predicted octanol–water partition coefficient (Wildman–Crippen LogP) is 5.91. The van der Waals surface area contributed by atoms with Gasteiger partial charge in [-0.15, -0.1) is 0 Å². The van der Waals surface area contributed by atoms with Crippen LogP contribution in [0.15, 0.2) is 53.1 Å². The largest absolute Gasteiger partial charge is 0.496 e. The molecule has 1 amide bonds. The summed E-state index contributed by atoms with van der Waals surface area (Å²) in [6, 6.07) is 16.2. The molecule has 1 saturated heterocycles. The van der Waals surface area contributed by atoms with E-state index in [0.717, 1.165) is 92.7 Å². The van der Waals surface area contributed by atoms with Crippen LogP contribution in [0.5, 0.6) is 5.75 Å². The highest BCUT2D eigenvalue weighted by molar-refractivity contribution is 6.17. The number of hydrogen-bond donors (Lipinski definition) is 1. The minimum Gasteiger partial charge on any atom is -0.496 e. The fourth-order valence-electron chi connectivity index (χ4n) is 6.23. The van der Waals surface area contributed by atoms with Gasteiger partial charge in [0.1, 0.15) is 23.0 Å². The minimum absolute atomic E-state index is 0.0681. The lowest BCUT2D eigenvalue weighted by Gasteiger charge is -2.32. The van der Waals surface area contributed by atoms with Crippen molar-refractivity contribution in [3.8, 4) is 28.1 Å². The van der Waals surface area contributed by atoms with E-state index in [1.54, 1.807) is 7.11 Å². The van der Waals surface area contributed by atoms with Crippen LogP contribution in [-0.2, 0) is 0 Å². The van der Waals surface area contributed by atoms with Crippen molar-refractivity contribution in [2.45, 2.75) is 20.8 Å². The van der Waals surface area contributed by atoms with E-state index in [2.05, 4.69) is 34.2 Å². The van der Waals surface area contributed by atoms with Gasteiger partial charge in [0.15, 0.2) is 0 Å². The maximum absolute atomic E-state index is 13.7. The number of carbonyl (C=O) groups is 1. The number of hydrogen-bond acceptors (Lipinski definition) is 7. The summed E-state index contributed by atoms with van der Waals surface area (Å²) in [5, 5.41) is 7.90. The van der Waals surface area contributed by atoms with Crippen molar-refractivity contribution in [2.24, 2.45) is 0 Å². The molecule has 0 spiro atoms. The van der Waals surface area contributed by atoms with Crippen molar-refractivity contribution in [3.63, 3.8) is 0 Å². The number of carbonyl (C=O) groups excluding carboxylic acids is 1. The molecule has 1 N–H and O–H groups in total. The molecule has 1 fully saturated rings. The second kappa shape index (κ2) is 9.95. The summed E-state index contributed by atoms with van der Waals surface area (Å²) in [6.07, 6.45) is 0. The van der Waals surface area contributed by atoms with Crippen LogP contribution >= 0.6 is 0 Å². The smallest absolute Gasteiger partial charge is 0.254 e. The number of methoxy groups -OCH3 is 1. The van der Waals surface area contributed by atoms with Crippen LogP contribution in [0.2, 0.25) is 0 Å². The molecular weight excluding hydrogens is 528 g/mol. The van der Waals surface area contributed by atoms with Gasteiger partial charge in [0.05, 0.1) is 29.4 Å². The van der Waals surface area contributed by atoms with Gasteiger partial charge in [0, 0.05) is 53.8 Å². The molecular formula is C33H32N6O3. The summed E-state index contributed by atoms with van der Waals surface area (Å²) in [4.78, 5) is 31.1. The van der Waals surface area contributed by atoms with E-state index in [-0.39, 0.29) is 5.91 Å². The molecule has 0 aliphatic carbocycles. The van der Waals surface area contributed by atoms with E-state index >= 15 is 0 Å². The molecule has 0 radical (unpaired) electrons. The van der Waals surface area contributed by atoms with Crippen LogP contribution in [0.25, 0.3) is 55.1 Å². The Morgan fingerprint density at radius 2 is 1.69 bits per heavy atom. The lowest BCUT2D eigenvalue weighted by molar-refractivity contribution is 0.0666. The van der Waals surface area contributed by atoms with Crippen molar-refractivity contribution >= 4 is 38.6 Å². The molecule has 42 heavy (non-hydrogen) atoms. The van der Waals surface area contributed by atoms with E-state index < -0.39 is 0 Å². The van der Waals surface area contributed by atoms with Gasteiger partial charge in [0.25, 0.3) is 5.91 Å². The Morgan fingerprint density at radius 3 is 2.40 bits per heavy atom. The maximum Gasteiger partial charge on any atom is 0.254 e. The summed E-state index contributed by atoms with van der Waals surface area (Å²) in [5.74, 6) is 2.17. The number of aromatic nitrogens is 4. The van der Waals surface area contributed by atoms with E-state index in [0.29, 0.717) is 17.1 Å². The second-order valence-electron chi connectivity index (χ2n) is 11.1. The Hall–Kier alpha value is -4.76. The van der Waals surface area contributed by atoms with Gasteiger partial charge in [-0.05, 0) is 56.8 Å². The Bertz CT molecular complexity index is 2000. The molecule has 4 heterocycles. The number of amides is 1. The summed E-state index contributed by atoms with van der Waals surface area (Å²) in [7, 11) is 3.76. The number of benzene rings is 3. The first-order valence-corrected chi connectivity index (χ1v) is 14.1. The van der Waals surface area contributed by atoms with Gasteiger partial charge in [-0.1, -0.05) is 35.5 Å². The second-order valence-corrected chi connectivity index (χ2v) is 11.1. The van der Waals surface area contributed by atoms with Crippen molar-refractivity contribution in [3.05, 3.63) is 71.4 Å². The van der Waals surface area contributed by atoms with Gasteiger partial charge >= 0.3 is 0 Å². The Morgan fingerprint density at radius 1 is 0.929 bits per heavy atom. The minimum atomic E-state index is 0.0681. The van der Waals surface area contributed by atoms with Crippen molar-refractivity contribution < 1.29 is 14.1 Å². The van der Waals surface area contributed by atoms with Crippen LogP contribution in [0.4, 0.5) is 0 Å². The number of aromatic amines is 1. The SMILES string of the molecule is COc1cc2c(cc1-c1c(C)noc1C)[nH]c1nc(C)nc(-c3ccc(C(=O)N4CCN(C)CC4)c4ccccc34)c12. The lowest BCUT2D eigenvalue weighted by atomic mass is 9.94. The molecule has 0 bridgehead atoms.